The molecule has 0 bridgehead atoms. The molecule has 1 aromatic rings. The van der Waals surface area contributed by atoms with E-state index in [0.29, 0.717) is 18.7 Å². The molecule has 1 fully saturated rings. The third kappa shape index (κ3) is 2.74. The monoisotopic (exact) mass is 236 g/mol. The Morgan fingerprint density at radius 3 is 2.65 bits per heavy atom. The number of amides is 1. The maximum Gasteiger partial charge on any atom is 0.254 e. The van der Waals surface area contributed by atoms with Gasteiger partial charge in [0.05, 0.1) is 12.2 Å². The third-order valence-electron chi connectivity index (χ3n) is 2.73. The first kappa shape index (κ1) is 11.9. The van der Waals surface area contributed by atoms with Crippen LogP contribution >= 0.6 is 0 Å². The summed E-state index contributed by atoms with van der Waals surface area (Å²) >= 11 is 0. The van der Waals surface area contributed by atoms with Gasteiger partial charge in [-0.3, -0.25) is 9.59 Å². The maximum atomic E-state index is 12.2. The Kier molecular flexibility index (Phi) is 3.28. The van der Waals surface area contributed by atoms with Crippen LogP contribution < -0.4 is 5.56 Å². The number of carbonyl (C=O) groups excluding carboxylic acids is 1. The quantitative estimate of drug-likeness (QED) is 0.777. The molecule has 2 atom stereocenters. The average Bonchev–Trinajstić information content (AvgIpc) is 2.26. The summed E-state index contributed by atoms with van der Waals surface area (Å²) < 4.78 is 5.56. The maximum absolute atomic E-state index is 12.2. The lowest BCUT2D eigenvalue weighted by Crippen LogP contribution is -2.48. The lowest BCUT2D eigenvalue weighted by Gasteiger charge is -2.35. The van der Waals surface area contributed by atoms with Gasteiger partial charge in [-0.25, -0.2) is 0 Å². The van der Waals surface area contributed by atoms with E-state index < -0.39 is 0 Å². The lowest BCUT2D eigenvalue weighted by atomic mass is 10.2. The molecule has 5 heteroatoms. The lowest BCUT2D eigenvalue weighted by molar-refractivity contribution is -0.0586. The number of morpholine rings is 1. The number of aromatic amines is 1. The molecule has 1 aliphatic heterocycles. The molecule has 2 heterocycles. The minimum Gasteiger partial charge on any atom is -0.372 e. The number of hydrogen-bond acceptors (Lipinski definition) is 3. The van der Waals surface area contributed by atoms with Crippen LogP contribution in [0.2, 0.25) is 0 Å². The van der Waals surface area contributed by atoms with E-state index in [9.17, 15) is 9.59 Å². The van der Waals surface area contributed by atoms with Crippen molar-refractivity contribution >= 4 is 5.91 Å². The molecule has 0 aromatic carbocycles. The summed E-state index contributed by atoms with van der Waals surface area (Å²) in [5, 5.41) is 0. The van der Waals surface area contributed by atoms with Crippen molar-refractivity contribution in [3.63, 3.8) is 0 Å². The Hall–Kier alpha value is -1.62. The van der Waals surface area contributed by atoms with Gasteiger partial charge in [-0.2, -0.15) is 0 Å². The van der Waals surface area contributed by atoms with Crippen LogP contribution in [0.25, 0.3) is 0 Å². The second-order valence-electron chi connectivity index (χ2n) is 4.41. The van der Waals surface area contributed by atoms with Gasteiger partial charge >= 0.3 is 0 Å². The summed E-state index contributed by atoms with van der Waals surface area (Å²) in [4.78, 5) is 27.5. The summed E-state index contributed by atoms with van der Waals surface area (Å²) in [5.41, 5.74) is 0.167. The zero-order chi connectivity index (χ0) is 12.4. The van der Waals surface area contributed by atoms with Crippen LogP contribution in [-0.4, -0.2) is 41.1 Å². The van der Waals surface area contributed by atoms with E-state index >= 15 is 0 Å². The van der Waals surface area contributed by atoms with Crippen molar-refractivity contribution in [3.05, 3.63) is 34.2 Å². The molecule has 0 spiro atoms. The second-order valence-corrected chi connectivity index (χ2v) is 4.41. The van der Waals surface area contributed by atoms with Crippen molar-refractivity contribution < 1.29 is 9.53 Å². The number of ether oxygens (including phenoxy) is 1. The Balaban J connectivity index is 2.17. The number of H-pyrrole nitrogens is 1. The number of aromatic nitrogens is 1. The molecule has 1 aromatic heterocycles. The Bertz CT molecular complexity index is 459. The molecule has 0 radical (unpaired) electrons. The van der Waals surface area contributed by atoms with Gasteiger partial charge in [-0.1, -0.05) is 0 Å². The van der Waals surface area contributed by atoms with Gasteiger partial charge in [-0.05, 0) is 19.9 Å². The fourth-order valence-electron chi connectivity index (χ4n) is 2.10. The molecule has 2 unspecified atom stereocenters. The predicted molar refractivity (Wildman–Crippen MR) is 63.0 cm³/mol. The highest BCUT2D eigenvalue weighted by atomic mass is 16.5. The number of carbonyl (C=O) groups is 1. The predicted octanol–water partition coefficient (Wildman–Crippen LogP) is 0.624. The molecule has 5 nitrogen and oxygen atoms in total. The Labute approximate surface area is 99.4 Å². The number of nitrogens with zero attached hydrogens (tertiary/aromatic N) is 1. The standard InChI is InChI=1S/C12H16N2O3/c1-8-6-14(7-9(2)17-8)12(16)10-3-4-13-11(15)5-10/h3-5,8-9H,6-7H2,1-2H3,(H,13,15). The van der Waals surface area contributed by atoms with E-state index in [0.717, 1.165) is 0 Å². The summed E-state index contributed by atoms with van der Waals surface area (Å²) in [6.45, 7) is 5.01. The van der Waals surface area contributed by atoms with Crippen LogP contribution in [0.1, 0.15) is 24.2 Å². The van der Waals surface area contributed by atoms with Gasteiger partial charge in [0.15, 0.2) is 0 Å². The third-order valence-corrected chi connectivity index (χ3v) is 2.73. The first-order valence-electron chi connectivity index (χ1n) is 5.69. The Morgan fingerprint density at radius 1 is 1.41 bits per heavy atom. The molecule has 1 amide bonds. The van der Waals surface area contributed by atoms with Crippen molar-refractivity contribution in [1.29, 1.82) is 0 Å². The van der Waals surface area contributed by atoms with Gasteiger partial charge in [0.25, 0.3) is 5.91 Å². The topological polar surface area (TPSA) is 62.4 Å². The van der Waals surface area contributed by atoms with E-state index in [2.05, 4.69) is 4.98 Å². The number of pyridine rings is 1. The van der Waals surface area contributed by atoms with Crippen molar-refractivity contribution in [2.45, 2.75) is 26.1 Å². The highest BCUT2D eigenvalue weighted by molar-refractivity contribution is 5.94. The molecule has 92 valence electrons. The van der Waals surface area contributed by atoms with Gasteiger partial charge < -0.3 is 14.6 Å². The minimum atomic E-state index is -0.259. The molecular weight excluding hydrogens is 220 g/mol. The first-order chi connectivity index (χ1) is 8.06. The van der Waals surface area contributed by atoms with Gasteiger partial charge in [-0.15, -0.1) is 0 Å². The van der Waals surface area contributed by atoms with E-state index in [4.69, 9.17) is 4.74 Å². The normalized spacial score (nSPS) is 24.7. The van der Waals surface area contributed by atoms with Crippen LogP contribution in [0.15, 0.2) is 23.1 Å². The highest BCUT2D eigenvalue weighted by Crippen LogP contribution is 2.13. The van der Waals surface area contributed by atoms with E-state index in [1.165, 1.54) is 12.3 Å². The number of nitrogens with one attached hydrogen (secondary N) is 1. The molecule has 1 saturated heterocycles. The first-order valence-corrected chi connectivity index (χ1v) is 5.69. The van der Waals surface area contributed by atoms with E-state index in [-0.39, 0.29) is 23.7 Å². The van der Waals surface area contributed by atoms with Crippen LogP contribution in [0.4, 0.5) is 0 Å². The van der Waals surface area contributed by atoms with Crippen molar-refractivity contribution in [2.24, 2.45) is 0 Å². The molecule has 17 heavy (non-hydrogen) atoms. The number of rotatable bonds is 1. The fraction of sp³-hybridized carbons (Fsp3) is 0.500. The highest BCUT2D eigenvalue weighted by Gasteiger charge is 2.26. The van der Waals surface area contributed by atoms with E-state index in [1.54, 1.807) is 11.0 Å². The molecular formula is C12H16N2O3. The van der Waals surface area contributed by atoms with Crippen molar-refractivity contribution in [3.8, 4) is 0 Å². The molecule has 1 aliphatic rings. The summed E-state index contributed by atoms with van der Waals surface area (Å²) in [7, 11) is 0. The van der Waals surface area contributed by atoms with E-state index in [1.807, 2.05) is 13.8 Å². The smallest absolute Gasteiger partial charge is 0.254 e. The van der Waals surface area contributed by atoms with Crippen LogP contribution in [0.3, 0.4) is 0 Å². The van der Waals surface area contributed by atoms with Crippen LogP contribution in [0.5, 0.6) is 0 Å². The van der Waals surface area contributed by atoms with Gasteiger partial charge in [0.1, 0.15) is 0 Å². The molecule has 1 N–H and O–H groups in total. The largest absolute Gasteiger partial charge is 0.372 e. The summed E-state index contributed by atoms with van der Waals surface area (Å²) in [6.07, 6.45) is 1.55. The molecule has 2 rings (SSSR count). The van der Waals surface area contributed by atoms with Gasteiger partial charge in [0, 0.05) is 30.9 Å². The second kappa shape index (κ2) is 4.71. The fourth-order valence-corrected chi connectivity index (χ4v) is 2.10. The summed E-state index contributed by atoms with van der Waals surface area (Å²) in [5.74, 6) is -0.113. The Morgan fingerprint density at radius 2 is 2.06 bits per heavy atom. The van der Waals surface area contributed by atoms with Gasteiger partial charge in [0.2, 0.25) is 5.56 Å². The zero-order valence-electron chi connectivity index (χ0n) is 9.97. The van der Waals surface area contributed by atoms with Crippen LogP contribution in [-0.2, 0) is 4.74 Å². The SMILES string of the molecule is CC1CN(C(=O)c2cc[nH]c(=O)c2)CC(C)O1. The van der Waals surface area contributed by atoms with Crippen molar-refractivity contribution in [1.82, 2.24) is 9.88 Å². The zero-order valence-corrected chi connectivity index (χ0v) is 9.97. The number of hydrogen-bond donors (Lipinski definition) is 1. The molecule has 0 aliphatic carbocycles. The average molecular weight is 236 g/mol. The molecule has 0 saturated carbocycles. The summed E-state index contributed by atoms with van der Waals surface area (Å²) in [6, 6.07) is 2.95. The minimum absolute atomic E-state index is 0.0321. The van der Waals surface area contributed by atoms with Crippen molar-refractivity contribution in [2.75, 3.05) is 13.1 Å². The van der Waals surface area contributed by atoms with Crippen LogP contribution in [0, 0.1) is 0 Å².